The minimum Gasteiger partial charge on any atom is -0.379 e. The van der Waals surface area contributed by atoms with Crippen LogP contribution in [0.3, 0.4) is 0 Å². The number of carbonyl (C=O) groups excluding carboxylic acids is 1. The fraction of sp³-hybridized carbons (Fsp3) is 0.607. The lowest BCUT2D eigenvalue weighted by Gasteiger charge is -2.27. The molecule has 33 heavy (non-hydrogen) atoms. The number of Topliss-reactive ketones (excluding diaryl/α,β-unsaturated/α-hetero) is 1. The van der Waals surface area contributed by atoms with Gasteiger partial charge in [0.2, 0.25) is 0 Å². The number of aryl methyl sites for hydroxylation is 1. The van der Waals surface area contributed by atoms with Crippen molar-refractivity contribution in [2.24, 2.45) is 5.92 Å². The summed E-state index contributed by atoms with van der Waals surface area (Å²) in [6.45, 7) is 10.2. The summed E-state index contributed by atoms with van der Waals surface area (Å²) in [6.07, 6.45) is 11.3. The van der Waals surface area contributed by atoms with Crippen molar-refractivity contribution < 1.29 is 9.53 Å². The molecule has 0 radical (unpaired) electrons. The molecular formula is C28H38N2O2S. The van der Waals surface area contributed by atoms with Gasteiger partial charge >= 0.3 is 0 Å². The molecule has 3 aliphatic rings. The van der Waals surface area contributed by atoms with Gasteiger partial charge in [-0.3, -0.25) is 9.69 Å². The van der Waals surface area contributed by atoms with Crippen molar-refractivity contribution in [3.8, 4) is 0 Å². The number of aromatic nitrogens is 1. The van der Waals surface area contributed by atoms with Crippen LogP contribution in [-0.4, -0.2) is 48.1 Å². The summed E-state index contributed by atoms with van der Waals surface area (Å²) < 4.78 is 8.03. The number of hydrogen-bond donors (Lipinski definition) is 0. The third-order valence-corrected chi connectivity index (χ3v) is 8.95. The van der Waals surface area contributed by atoms with E-state index in [2.05, 4.69) is 40.8 Å². The Bertz CT molecular complexity index is 1030. The molecule has 2 aliphatic carbocycles. The maximum Gasteiger partial charge on any atom is 0.191 e. The lowest BCUT2D eigenvalue weighted by molar-refractivity contribution is 0.0362. The molecular weight excluding hydrogens is 428 g/mol. The van der Waals surface area contributed by atoms with Gasteiger partial charge in [-0.15, -0.1) is 11.3 Å². The Kier molecular flexibility index (Phi) is 7.19. The van der Waals surface area contributed by atoms with Gasteiger partial charge in [-0.2, -0.15) is 0 Å². The zero-order valence-electron chi connectivity index (χ0n) is 20.3. The lowest BCUT2D eigenvalue weighted by Crippen LogP contribution is -2.38. The Morgan fingerprint density at radius 2 is 1.97 bits per heavy atom. The van der Waals surface area contributed by atoms with Gasteiger partial charge in [-0.1, -0.05) is 13.3 Å². The standard InChI is InChI=1S/C28H38N2O2S/c1-3-6-21-9-10-26-22(11-18-33-26)19-24(21)28(31)27-20(2)30(25-8-5-4-7-23(25)27)13-12-29-14-16-32-17-15-29/h11,18-19,21H,3-10,12-17H2,1-2H3. The van der Waals surface area contributed by atoms with Gasteiger partial charge in [0, 0.05) is 53.6 Å². The molecule has 1 saturated heterocycles. The third-order valence-electron chi connectivity index (χ3n) is 7.95. The van der Waals surface area contributed by atoms with E-state index in [4.69, 9.17) is 4.74 Å². The number of ketones is 1. The summed E-state index contributed by atoms with van der Waals surface area (Å²) in [7, 11) is 0. The first kappa shape index (κ1) is 23.1. The highest BCUT2D eigenvalue weighted by Gasteiger charge is 2.32. The highest BCUT2D eigenvalue weighted by molar-refractivity contribution is 7.10. The van der Waals surface area contributed by atoms with Crippen LogP contribution in [0.25, 0.3) is 6.08 Å². The van der Waals surface area contributed by atoms with Crippen LogP contribution in [-0.2, 0) is 30.5 Å². The third kappa shape index (κ3) is 4.65. The lowest BCUT2D eigenvalue weighted by atomic mass is 9.83. The van der Waals surface area contributed by atoms with Crippen LogP contribution in [0.1, 0.15) is 76.8 Å². The Hall–Kier alpha value is -1.69. The van der Waals surface area contributed by atoms with Gasteiger partial charge in [0.05, 0.1) is 13.2 Å². The summed E-state index contributed by atoms with van der Waals surface area (Å²) in [5, 5.41) is 2.18. The number of allylic oxidation sites excluding steroid dienone is 1. The van der Waals surface area contributed by atoms with Crippen molar-refractivity contribution >= 4 is 23.2 Å². The van der Waals surface area contributed by atoms with Crippen LogP contribution in [0.5, 0.6) is 0 Å². The van der Waals surface area contributed by atoms with E-state index in [1.54, 1.807) is 0 Å². The molecule has 178 valence electrons. The van der Waals surface area contributed by atoms with Crippen LogP contribution in [0.2, 0.25) is 0 Å². The fourth-order valence-electron chi connectivity index (χ4n) is 6.15. The molecule has 0 aromatic carbocycles. The molecule has 0 amide bonds. The maximum atomic E-state index is 14.3. The number of nitrogens with zero attached hydrogens (tertiary/aromatic N) is 2. The Morgan fingerprint density at radius 1 is 1.15 bits per heavy atom. The van der Waals surface area contributed by atoms with Gasteiger partial charge in [0.25, 0.3) is 0 Å². The average molecular weight is 467 g/mol. The second-order valence-electron chi connectivity index (χ2n) is 9.95. The van der Waals surface area contributed by atoms with Crippen LogP contribution >= 0.6 is 11.3 Å². The fourth-order valence-corrected chi connectivity index (χ4v) is 7.03. The van der Waals surface area contributed by atoms with Crippen LogP contribution in [0, 0.1) is 12.8 Å². The number of carbonyl (C=O) groups is 1. The van der Waals surface area contributed by atoms with E-state index < -0.39 is 0 Å². The zero-order valence-corrected chi connectivity index (χ0v) is 21.1. The normalized spacial score (nSPS) is 21.3. The van der Waals surface area contributed by atoms with Crippen molar-refractivity contribution in [3.05, 3.63) is 50.0 Å². The summed E-state index contributed by atoms with van der Waals surface area (Å²) in [6, 6.07) is 2.21. The van der Waals surface area contributed by atoms with Gasteiger partial charge in [0.15, 0.2) is 5.78 Å². The zero-order chi connectivity index (χ0) is 22.8. The van der Waals surface area contributed by atoms with Gasteiger partial charge < -0.3 is 9.30 Å². The predicted octanol–water partition coefficient (Wildman–Crippen LogP) is 5.70. The molecule has 0 bridgehead atoms. The second kappa shape index (κ2) is 10.3. The summed E-state index contributed by atoms with van der Waals surface area (Å²) in [4.78, 5) is 18.2. The van der Waals surface area contributed by atoms with Crippen LogP contribution in [0.15, 0.2) is 17.0 Å². The quantitative estimate of drug-likeness (QED) is 0.491. The molecule has 4 nitrogen and oxygen atoms in total. The number of rotatable bonds is 7. The average Bonchev–Trinajstić information content (AvgIpc) is 3.35. The molecule has 5 heteroatoms. The minimum atomic E-state index is 0.313. The van der Waals surface area contributed by atoms with E-state index in [1.807, 2.05) is 11.3 Å². The number of ether oxygens (including phenoxy) is 1. The predicted molar refractivity (Wildman–Crippen MR) is 136 cm³/mol. The highest BCUT2D eigenvalue weighted by Crippen LogP contribution is 2.38. The van der Waals surface area contributed by atoms with Crippen molar-refractivity contribution in [1.29, 1.82) is 0 Å². The van der Waals surface area contributed by atoms with E-state index in [0.717, 1.165) is 89.1 Å². The van der Waals surface area contributed by atoms with Crippen LogP contribution < -0.4 is 0 Å². The van der Waals surface area contributed by atoms with E-state index in [1.165, 1.54) is 40.2 Å². The smallest absolute Gasteiger partial charge is 0.191 e. The molecule has 2 aromatic heterocycles. The monoisotopic (exact) mass is 466 g/mol. The number of hydrogen-bond acceptors (Lipinski definition) is 4. The molecule has 0 N–H and O–H groups in total. The van der Waals surface area contributed by atoms with E-state index in [0.29, 0.717) is 11.7 Å². The largest absolute Gasteiger partial charge is 0.379 e. The summed E-state index contributed by atoms with van der Waals surface area (Å²) in [5.41, 5.74) is 7.38. The SMILES string of the molecule is CCCC1CCc2sccc2C=C1C(=O)c1c2c(n(CCN3CCOCC3)c1C)CCCC2. The topological polar surface area (TPSA) is 34.5 Å². The Labute approximate surface area is 202 Å². The van der Waals surface area contributed by atoms with Crippen LogP contribution in [0.4, 0.5) is 0 Å². The number of fused-ring (bicyclic) bond motifs is 2. The molecule has 1 unspecified atom stereocenters. The summed E-state index contributed by atoms with van der Waals surface area (Å²) in [5.74, 6) is 0.686. The van der Waals surface area contributed by atoms with E-state index >= 15 is 0 Å². The number of morpholine rings is 1. The molecule has 1 aliphatic heterocycles. The second-order valence-corrected chi connectivity index (χ2v) is 11.0. The Balaban J connectivity index is 1.49. The maximum absolute atomic E-state index is 14.3. The number of thiophene rings is 1. The molecule has 1 atom stereocenters. The first-order chi connectivity index (χ1) is 16.2. The Morgan fingerprint density at radius 3 is 2.79 bits per heavy atom. The molecule has 2 aromatic rings. The van der Waals surface area contributed by atoms with Crippen molar-refractivity contribution in [3.63, 3.8) is 0 Å². The molecule has 1 fully saturated rings. The minimum absolute atomic E-state index is 0.313. The van der Waals surface area contributed by atoms with E-state index in [-0.39, 0.29) is 0 Å². The molecule has 3 heterocycles. The molecule has 0 spiro atoms. The van der Waals surface area contributed by atoms with Crippen molar-refractivity contribution in [2.75, 3.05) is 32.8 Å². The van der Waals surface area contributed by atoms with Gasteiger partial charge in [-0.05, 0) is 86.4 Å². The highest BCUT2D eigenvalue weighted by atomic mass is 32.1. The molecule has 0 saturated carbocycles. The van der Waals surface area contributed by atoms with Crippen molar-refractivity contribution in [1.82, 2.24) is 9.47 Å². The molecule has 5 rings (SSSR count). The van der Waals surface area contributed by atoms with Gasteiger partial charge in [-0.25, -0.2) is 0 Å². The van der Waals surface area contributed by atoms with Gasteiger partial charge in [0.1, 0.15) is 0 Å². The first-order valence-corrected chi connectivity index (χ1v) is 13.9. The van der Waals surface area contributed by atoms with Crippen molar-refractivity contribution in [2.45, 2.75) is 71.8 Å². The first-order valence-electron chi connectivity index (χ1n) is 13.0. The summed E-state index contributed by atoms with van der Waals surface area (Å²) >= 11 is 1.85. The van der Waals surface area contributed by atoms with E-state index in [9.17, 15) is 4.79 Å².